The second-order valence-electron chi connectivity index (χ2n) is 11.4. The van der Waals surface area contributed by atoms with Gasteiger partial charge in [-0.05, 0) is 100 Å². The molecule has 5 nitrogen and oxygen atoms in total. The SMILES string of the molecule is Cc1cc(/C=C2/SC(=NC3CCCCC3)N(C3CCCCC3)C2=O)c(C)n1-c1sc2c(c1C#N)CCCC2. The molecule has 2 aromatic heterocycles. The van der Waals surface area contributed by atoms with Crippen LogP contribution in [0.25, 0.3) is 11.1 Å². The first-order chi connectivity index (χ1) is 18.5. The average molecular weight is 547 g/mol. The van der Waals surface area contributed by atoms with E-state index in [4.69, 9.17) is 4.99 Å². The summed E-state index contributed by atoms with van der Waals surface area (Å²) < 4.78 is 2.24. The first-order valence-electron chi connectivity index (χ1n) is 14.6. The Kier molecular flexibility index (Phi) is 7.55. The molecule has 2 aromatic rings. The van der Waals surface area contributed by atoms with Crippen molar-refractivity contribution < 1.29 is 4.79 Å². The Hall–Kier alpha value is -2.30. The fourth-order valence-corrected chi connectivity index (χ4v) is 9.37. The number of amidine groups is 1. The van der Waals surface area contributed by atoms with E-state index in [9.17, 15) is 10.1 Å². The maximum Gasteiger partial charge on any atom is 0.267 e. The summed E-state index contributed by atoms with van der Waals surface area (Å²) in [5.41, 5.74) is 5.39. The number of aliphatic imine (C=N–C) groups is 1. The molecule has 0 unspecified atom stereocenters. The van der Waals surface area contributed by atoms with Gasteiger partial charge in [-0.2, -0.15) is 5.26 Å². The van der Waals surface area contributed by atoms with Crippen molar-refractivity contribution in [2.45, 2.75) is 116 Å². The smallest absolute Gasteiger partial charge is 0.267 e. The number of thioether (sulfide) groups is 1. The van der Waals surface area contributed by atoms with Gasteiger partial charge in [0.2, 0.25) is 0 Å². The van der Waals surface area contributed by atoms with Crippen LogP contribution in [-0.4, -0.2) is 32.6 Å². The van der Waals surface area contributed by atoms with Gasteiger partial charge in [-0.15, -0.1) is 11.3 Å². The molecule has 38 heavy (non-hydrogen) atoms. The Morgan fingerprint density at radius 2 is 1.71 bits per heavy atom. The zero-order valence-electron chi connectivity index (χ0n) is 22.7. The lowest BCUT2D eigenvalue weighted by Crippen LogP contribution is -2.41. The number of thiophene rings is 1. The quantitative estimate of drug-likeness (QED) is 0.367. The van der Waals surface area contributed by atoms with Gasteiger partial charge in [-0.3, -0.25) is 14.7 Å². The second-order valence-corrected chi connectivity index (χ2v) is 13.5. The van der Waals surface area contributed by atoms with Crippen LogP contribution < -0.4 is 0 Å². The van der Waals surface area contributed by atoms with Crippen molar-refractivity contribution in [1.82, 2.24) is 9.47 Å². The molecule has 1 amide bonds. The lowest BCUT2D eigenvalue weighted by molar-refractivity contribution is -0.124. The molecular weight excluding hydrogens is 509 g/mol. The van der Waals surface area contributed by atoms with Crippen molar-refractivity contribution in [1.29, 1.82) is 5.26 Å². The molecule has 0 spiro atoms. The highest BCUT2D eigenvalue weighted by Gasteiger charge is 2.39. The number of rotatable bonds is 4. The van der Waals surface area contributed by atoms with Crippen LogP contribution in [0.15, 0.2) is 16.0 Å². The van der Waals surface area contributed by atoms with Crippen LogP contribution in [0.2, 0.25) is 0 Å². The van der Waals surface area contributed by atoms with Crippen LogP contribution in [0, 0.1) is 25.2 Å². The molecule has 0 bridgehead atoms. The number of aryl methyl sites for hydroxylation is 2. The van der Waals surface area contributed by atoms with E-state index in [0.29, 0.717) is 6.04 Å². The Labute approximate surface area is 235 Å². The summed E-state index contributed by atoms with van der Waals surface area (Å²) in [6.45, 7) is 4.24. The molecule has 7 heteroatoms. The highest BCUT2D eigenvalue weighted by molar-refractivity contribution is 8.18. The van der Waals surface area contributed by atoms with Crippen molar-refractivity contribution in [3.8, 4) is 11.1 Å². The largest absolute Gasteiger partial charge is 0.308 e. The number of hydrogen-bond donors (Lipinski definition) is 0. The summed E-state index contributed by atoms with van der Waals surface area (Å²) >= 11 is 3.37. The molecule has 0 atom stereocenters. The van der Waals surface area contributed by atoms with Gasteiger partial charge in [-0.25, -0.2) is 0 Å². The van der Waals surface area contributed by atoms with Crippen LogP contribution in [0.3, 0.4) is 0 Å². The van der Waals surface area contributed by atoms with E-state index in [1.54, 1.807) is 23.1 Å². The van der Waals surface area contributed by atoms with Crippen molar-refractivity contribution in [2.24, 2.45) is 4.99 Å². The van der Waals surface area contributed by atoms with Gasteiger partial charge in [-0.1, -0.05) is 38.5 Å². The third-order valence-electron chi connectivity index (χ3n) is 8.87. The third kappa shape index (κ3) is 4.79. The van der Waals surface area contributed by atoms with Gasteiger partial charge in [0.25, 0.3) is 5.91 Å². The maximum absolute atomic E-state index is 13.9. The van der Waals surface area contributed by atoms with E-state index in [1.165, 1.54) is 61.8 Å². The van der Waals surface area contributed by atoms with Crippen LogP contribution in [-0.2, 0) is 17.6 Å². The fraction of sp³-hybridized carbons (Fsp3) is 0.581. The highest BCUT2D eigenvalue weighted by atomic mass is 32.2. The number of amides is 1. The monoisotopic (exact) mass is 546 g/mol. The lowest BCUT2D eigenvalue weighted by Gasteiger charge is -2.31. The van der Waals surface area contributed by atoms with Crippen molar-refractivity contribution in [2.75, 3.05) is 0 Å². The molecule has 6 rings (SSSR count). The van der Waals surface area contributed by atoms with Crippen molar-refractivity contribution >= 4 is 40.2 Å². The number of aromatic nitrogens is 1. The van der Waals surface area contributed by atoms with Crippen LogP contribution in [0.4, 0.5) is 0 Å². The Bertz CT molecular complexity index is 1330. The van der Waals surface area contributed by atoms with Crippen molar-refractivity contribution in [3.05, 3.63) is 43.9 Å². The summed E-state index contributed by atoms with van der Waals surface area (Å²) in [6.07, 6.45) is 18.5. The van der Waals surface area contributed by atoms with Gasteiger partial charge in [0, 0.05) is 22.3 Å². The van der Waals surface area contributed by atoms with E-state index in [-0.39, 0.29) is 11.9 Å². The Morgan fingerprint density at radius 1 is 1.00 bits per heavy atom. The summed E-state index contributed by atoms with van der Waals surface area (Å²) in [5, 5.41) is 12.0. The van der Waals surface area contributed by atoms with Gasteiger partial charge < -0.3 is 4.57 Å². The lowest BCUT2D eigenvalue weighted by atomic mass is 9.94. The molecule has 200 valence electrons. The maximum atomic E-state index is 13.9. The summed E-state index contributed by atoms with van der Waals surface area (Å²) in [7, 11) is 0. The minimum Gasteiger partial charge on any atom is -0.308 e. The summed E-state index contributed by atoms with van der Waals surface area (Å²) in [4.78, 5) is 23.3. The predicted octanol–water partition coefficient (Wildman–Crippen LogP) is 7.84. The van der Waals surface area contributed by atoms with Crippen LogP contribution in [0.1, 0.15) is 110 Å². The number of hydrogen-bond acceptors (Lipinski definition) is 5. The highest BCUT2D eigenvalue weighted by Crippen LogP contribution is 2.41. The molecular formula is C31H38N4OS2. The molecule has 1 aliphatic heterocycles. The second kappa shape index (κ2) is 11.1. The van der Waals surface area contributed by atoms with Gasteiger partial charge >= 0.3 is 0 Å². The molecule has 4 aliphatic rings. The minimum absolute atomic E-state index is 0.130. The molecule has 3 heterocycles. The van der Waals surface area contributed by atoms with E-state index >= 15 is 0 Å². The van der Waals surface area contributed by atoms with Crippen LogP contribution >= 0.6 is 23.1 Å². The van der Waals surface area contributed by atoms with Crippen molar-refractivity contribution in [3.63, 3.8) is 0 Å². The molecule has 3 aliphatic carbocycles. The Balaban J connectivity index is 1.36. The molecule has 3 fully saturated rings. The molecule has 1 saturated heterocycles. The zero-order valence-corrected chi connectivity index (χ0v) is 24.4. The first-order valence-corrected chi connectivity index (χ1v) is 16.2. The van der Waals surface area contributed by atoms with Crippen LogP contribution in [0.5, 0.6) is 0 Å². The number of fused-ring (bicyclic) bond motifs is 1. The molecule has 0 N–H and O–H groups in total. The topological polar surface area (TPSA) is 61.4 Å². The molecule has 0 aromatic carbocycles. The fourth-order valence-electron chi connectivity index (χ4n) is 6.82. The normalized spacial score (nSPS) is 23.4. The average Bonchev–Trinajstić information content (AvgIpc) is 3.55. The van der Waals surface area contributed by atoms with E-state index in [1.807, 2.05) is 0 Å². The zero-order chi connectivity index (χ0) is 26.2. The Morgan fingerprint density at radius 3 is 2.45 bits per heavy atom. The number of nitriles is 1. The first kappa shape index (κ1) is 26.0. The van der Waals surface area contributed by atoms with Gasteiger partial charge in [0.05, 0.1) is 16.5 Å². The number of nitrogens with zero attached hydrogens (tertiary/aromatic N) is 4. The number of carbonyl (C=O) groups is 1. The molecule has 2 saturated carbocycles. The summed E-state index contributed by atoms with van der Waals surface area (Å²) in [6, 6.07) is 5.33. The standard InChI is InChI=1S/C31H38N4OS2/c1-20-17-22(21(2)34(20)30-26(19-32)25-15-9-10-16-27(25)37-30)18-28-29(36)35(24-13-7-4-8-14-24)31(38-28)33-23-11-5-3-6-12-23/h17-18,23-24H,3-16H2,1-2H3/b28-18+,33-31?. The minimum atomic E-state index is 0.130. The predicted molar refractivity (Wildman–Crippen MR) is 158 cm³/mol. The van der Waals surface area contributed by atoms with E-state index in [2.05, 4.69) is 41.5 Å². The number of carbonyl (C=O) groups excluding carboxylic acids is 1. The third-order valence-corrected chi connectivity index (χ3v) is 11.1. The van der Waals surface area contributed by atoms with Gasteiger partial charge in [0.15, 0.2) is 5.17 Å². The van der Waals surface area contributed by atoms with Gasteiger partial charge in [0.1, 0.15) is 11.1 Å². The van der Waals surface area contributed by atoms with E-state index < -0.39 is 0 Å². The van der Waals surface area contributed by atoms with E-state index in [0.717, 1.165) is 76.1 Å². The molecule has 0 radical (unpaired) electrons. The summed E-state index contributed by atoms with van der Waals surface area (Å²) in [5.74, 6) is 0.130.